The van der Waals surface area contributed by atoms with E-state index < -0.39 is 5.54 Å². The summed E-state index contributed by atoms with van der Waals surface area (Å²) in [6.07, 6.45) is 5.35. The summed E-state index contributed by atoms with van der Waals surface area (Å²) in [5.74, 6) is 0.330. The van der Waals surface area contributed by atoms with Gasteiger partial charge in [-0.3, -0.25) is 0 Å². The number of rotatable bonds is 1. The van der Waals surface area contributed by atoms with Gasteiger partial charge in [0.25, 0.3) is 0 Å². The van der Waals surface area contributed by atoms with Gasteiger partial charge < -0.3 is 10.8 Å². The van der Waals surface area contributed by atoms with Gasteiger partial charge in [-0.25, -0.2) is 0 Å². The first-order valence-electron chi connectivity index (χ1n) is 6.24. The number of hydrogen-bond donors (Lipinski definition) is 2. The van der Waals surface area contributed by atoms with Gasteiger partial charge in [0, 0.05) is 16.1 Å². The molecule has 0 unspecified atom stereocenters. The molecule has 1 fully saturated rings. The smallest absolute Gasteiger partial charge is 0.123 e. The Hall–Kier alpha value is -0.730. The molecule has 3 N–H and O–H groups in total. The molecule has 1 aliphatic rings. The van der Waals surface area contributed by atoms with E-state index >= 15 is 0 Å². The Labute approximate surface area is 108 Å². The van der Waals surface area contributed by atoms with Crippen LogP contribution in [0.15, 0.2) is 6.07 Å². The zero-order valence-electron chi connectivity index (χ0n) is 10.5. The number of aromatic hydroxyl groups is 1. The van der Waals surface area contributed by atoms with Crippen LogP contribution in [0.1, 0.15) is 48.8 Å². The molecular formula is C14H20ClNO. The fourth-order valence-electron chi connectivity index (χ4n) is 2.90. The number of halogens is 1. The molecule has 0 aromatic heterocycles. The van der Waals surface area contributed by atoms with Gasteiger partial charge >= 0.3 is 0 Å². The maximum atomic E-state index is 10.3. The summed E-state index contributed by atoms with van der Waals surface area (Å²) < 4.78 is 0. The molecule has 0 atom stereocenters. The van der Waals surface area contributed by atoms with Crippen LogP contribution in [0, 0.1) is 13.8 Å². The first kappa shape index (κ1) is 12.7. The van der Waals surface area contributed by atoms with Crippen LogP contribution in [0.2, 0.25) is 5.02 Å². The van der Waals surface area contributed by atoms with E-state index in [9.17, 15) is 5.11 Å². The van der Waals surface area contributed by atoms with E-state index in [1.807, 2.05) is 19.9 Å². The summed E-state index contributed by atoms with van der Waals surface area (Å²) in [6.45, 7) is 3.82. The minimum absolute atomic E-state index is 0.330. The van der Waals surface area contributed by atoms with Crippen molar-refractivity contribution in [3.63, 3.8) is 0 Å². The number of hydrogen-bond acceptors (Lipinski definition) is 2. The van der Waals surface area contributed by atoms with E-state index in [0.717, 1.165) is 42.4 Å². The van der Waals surface area contributed by atoms with Crippen molar-refractivity contribution < 1.29 is 5.11 Å². The summed E-state index contributed by atoms with van der Waals surface area (Å²) in [5.41, 5.74) is 8.70. The monoisotopic (exact) mass is 253 g/mol. The molecule has 17 heavy (non-hydrogen) atoms. The molecule has 94 valence electrons. The van der Waals surface area contributed by atoms with Crippen LogP contribution in [-0.4, -0.2) is 5.11 Å². The molecule has 0 radical (unpaired) electrons. The van der Waals surface area contributed by atoms with Crippen LogP contribution in [0.3, 0.4) is 0 Å². The second-order valence-electron chi connectivity index (χ2n) is 5.24. The molecule has 0 spiro atoms. The van der Waals surface area contributed by atoms with Crippen molar-refractivity contribution in [2.45, 2.75) is 51.5 Å². The van der Waals surface area contributed by atoms with Crippen molar-refractivity contribution in [1.82, 2.24) is 0 Å². The summed E-state index contributed by atoms with van der Waals surface area (Å²) in [6, 6.07) is 1.81. The number of phenols is 1. The van der Waals surface area contributed by atoms with E-state index in [0.29, 0.717) is 10.8 Å². The fourth-order valence-corrected chi connectivity index (χ4v) is 3.16. The van der Waals surface area contributed by atoms with Gasteiger partial charge in [0.05, 0.1) is 0 Å². The Morgan fingerprint density at radius 1 is 1.24 bits per heavy atom. The summed E-state index contributed by atoms with van der Waals surface area (Å²) in [5, 5.41) is 11.0. The van der Waals surface area contributed by atoms with Crippen molar-refractivity contribution in [2.24, 2.45) is 5.73 Å². The lowest BCUT2D eigenvalue weighted by Crippen LogP contribution is -2.39. The van der Waals surface area contributed by atoms with Gasteiger partial charge in [-0.15, -0.1) is 0 Å². The first-order valence-corrected chi connectivity index (χ1v) is 6.61. The molecular weight excluding hydrogens is 234 g/mol. The van der Waals surface area contributed by atoms with Crippen LogP contribution in [0.25, 0.3) is 0 Å². The zero-order valence-corrected chi connectivity index (χ0v) is 11.3. The molecule has 3 heteroatoms. The van der Waals surface area contributed by atoms with E-state index in [1.54, 1.807) is 0 Å². The summed E-state index contributed by atoms with van der Waals surface area (Å²) in [4.78, 5) is 0. The van der Waals surface area contributed by atoms with Gasteiger partial charge in [0.2, 0.25) is 0 Å². The molecule has 1 aromatic carbocycles. The third-order valence-corrected chi connectivity index (χ3v) is 4.32. The van der Waals surface area contributed by atoms with E-state index in [1.165, 1.54) is 6.42 Å². The number of phenolic OH excluding ortho intramolecular Hbond substituents is 1. The molecule has 0 aliphatic heterocycles. The fraction of sp³-hybridized carbons (Fsp3) is 0.571. The Morgan fingerprint density at radius 2 is 1.82 bits per heavy atom. The van der Waals surface area contributed by atoms with Crippen molar-refractivity contribution in [2.75, 3.05) is 0 Å². The van der Waals surface area contributed by atoms with Crippen LogP contribution in [0.4, 0.5) is 0 Å². The van der Waals surface area contributed by atoms with Crippen molar-refractivity contribution in [3.05, 3.63) is 27.8 Å². The van der Waals surface area contributed by atoms with Gasteiger partial charge in [-0.2, -0.15) is 0 Å². The Balaban J connectivity index is 2.57. The maximum Gasteiger partial charge on any atom is 0.123 e. The standard InChI is InChI=1S/C14H20ClNO/c1-9-8-11(15)10(2)12(13(9)17)14(16)6-4-3-5-7-14/h8,17H,3-7,16H2,1-2H3. The quantitative estimate of drug-likeness (QED) is 0.800. The highest BCUT2D eigenvalue weighted by Crippen LogP contribution is 2.43. The van der Waals surface area contributed by atoms with Crippen LogP contribution in [0.5, 0.6) is 5.75 Å². The molecule has 2 rings (SSSR count). The van der Waals surface area contributed by atoms with Gasteiger partial charge in [0.15, 0.2) is 0 Å². The van der Waals surface area contributed by atoms with Crippen molar-refractivity contribution in [1.29, 1.82) is 0 Å². The number of benzene rings is 1. The second-order valence-corrected chi connectivity index (χ2v) is 5.65. The molecule has 0 amide bonds. The maximum absolute atomic E-state index is 10.3. The van der Waals surface area contributed by atoms with Crippen LogP contribution < -0.4 is 5.73 Å². The molecule has 0 bridgehead atoms. The molecule has 2 nitrogen and oxygen atoms in total. The largest absolute Gasteiger partial charge is 0.507 e. The predicted octanol–water partition coefficient (Wildman–Crippen LogP) is 3.78. The van der Waals surface area contributed by atoms with Crippen LogP contribution in [-0.2, 0) is 5.54 Å². The lowest BCUT2D eigenvalue weighted by atomic mass is 9.75. The average molecular weight is 254 g/mol. The van der Waals surface area contributed by atoms with E-state index in [-0.39, 0.29) is 0 Å². The molecule has 0 heterocycles. The highest BCUT2D eigenvalue weighted by molar-refractivity contribution is 6.31. The normalized spacial score (nSPS) is 19.3. The first-order chi connectivity index (χ1) is 7.96. The van der Waals surface area contributed by atoms with E-state index in [2.05, 4.69) is 0 Å². The van der Waals surface area contributed by atoms with E-state index in [4.69, 9.17) is 17.3 Å². The molecule has 1 saturated carbocycles. The van der Waals surface area contributed by atoms with Gasteiger partial charge in [-0.1, -0.05) is 30.9 Å². The zero-order chi connectivity index (χ0) is 12.6. The average Bonchev–Trinajstić information content (AvgIpc) is 2.27. The van der Waals surface area contributed by atoms with Crippen LogP contribution >= 0.6 is 11.6 Å². The summed E-state index contributed by atoms with van der Waals surface area (Å²) in [7, 11) is 0. The predicted molar refractivity (Wildman–Crippen MR) is 71.5 cm³/mol. The lowest BCUT2D eigenvalue weighted by Gasteiger charge is -2.36. The molecule has 1 aliphatic carbocycles. The third-order valence-electron chi connectivity index (χ3n) is 3.93. The SMILES string of the molecule is Cc1cc(Cl)c(C)c(C2(N)CCCCC2)c1O. The molecule has 1 aromatic rings. The molecule has 0 saturated heterocycles. The number of aryl methyl sites for hydroxylation is 1. The Kier molecular flexibility index (Phi) is 3.37. The Bertz CT molecular complexity index is 410. The third kappa shape index (κ3) is 2.16. The minimum Gasteiger partial charge on any atom is -0.507 e. The van der Waals surface area contributed by atoms with Crippen molar-refractivity contribution in [3.8, 4) is 5.75 Å². The lowest BCUT2D eigenvalue weighted by molar-refractivity contribution is 0.290. The topological polar surface area (TPSA) is 46.2 Å². The number of nitrogens with two attached hydrogens (primary N) is 1. The Morgan fingerprint density at radius 3 is 2.41 bits per heavy atom. The second kappa shape index (κ2) is 4.51. The van der Waals surface area contributed by atoms with Crippen molar-refractivity contribution >= 4 is 11.6 Å². The summed E-state index contributed by atoms with van der Waals surface area (Å²) >= 11 is 6.21. The minimum atomic E-state index is -0.401. The highest BCUT2D eigenvalue weighted by Gasteiger charge is 2.34. The van der Waals surface area contributed by atoms with Gasteiger partial charge in [0.1, 0.15) is 5.75 Å². The highest BCUT2D eigenvalue weighted by atomic mass is 35.5. The van der Waals surface area contributed by atoms with Gasteiger partial charge in [-0.05, 0) is 43.9 Å².